The highest BCUT2D eigenvalue weighted by molar-refractivity contribution is 7.98. The number of guanidine groups is 1. The van der Waals surface area contributed by atoms with Gasteiger partial charge in [-0.2, -0.15) is 0 Å². The van der Waals surface area contributed by atoms with Gasteiger partial charge in [-0.1, -0.05) is 18.2 Å². The van der Waals surface area contributed by atoms with Crippen LogP contribution in [-0.4, -0.2) is 44.1 Å². The normalized spacial score (nSPS) is 11.4. The summed E-state index contributed by atoms with van der Waals surface area (Å²) >= 11 is 1.75. The van der Waals surface area contributed by atoms with Crippen LogP contribution in [0.2, 0.25) is 0 Å². The molecule has 2 rings (SSSR count). The average molecular weight is 403 g/mol. The van der Waals surface area contributed by atoms with Gasteiger partial charge in [0.1, 0.15) is 6.61 Å². The number of aliphatic imine (C=N–C) groups is 1. The molecule has 6 nitrogen and oxygen atoms in total. The molecule has 0 amide bonds. The van der Waals surface area contributed by atoms with Gasteiger partial charge in [0, 0.05) is 36.9 Å². The van der Waals surface area contributed by atoms with Crippen LogP contribution in [0.4, 0.5) is 0 Å². The van der Waals surface area contributed by atoms with Crippen molar-refractivity contribution in [2.45, 2.75) is 31.8 Å². The maximum absolute atomic E-state index is 5.70. The number of nitrogens with zero attached hydrogens (tertiary/aromatic N) is 2. The first-order valence-electron chi connectivity index (χ1n) is 9.39. The van der Waals surface area contributed by atoms with E-state index in [9.17, 15) is 0 Å². The SMILES string of the molecule is CCNC(=NCc1ccc(C)cc1SC)NCc1cccnc1OCCOC. The third-order valence-electron chi connectivity index (χ3n) is 4.02. The van der Waals surface area contributed by atoms with E-state index in [0.717, 1.165) is 18.1 Å². The molecule has 0 atom stereocenters. The summed E-state index contributed by atoms with van der Waals surface area (Å²) in [6.45, 7) is 7.15. The Hall–Kier alpha value is -2.25. The number of aryl methyl sites for hydroxylation is 1. The summed E-state index contributed by atoms with van der Waals surface area (Å²) in [6, 6.07) is 10.4. The fourth-order valence-electron chi connectivity index (χ4n) is 2.58. The quantitative estimate of drug-likeness (QED) is 0.275. The van der Waals surface area contributed by atoms with Crippen molar-refractivity contribution in [2.75, 3.05) is 33.1 Å². The van der Waals surface area contributed by atoms with Crippen LogP contribution in [0.15, 0.2) is 46.4 Å². The highest BCUT2D eigenvalue weighted by atomic mass is 32.2. The second-order valence-corrected chi connectivity index (χ2v) is 7.02. The Kier molecular flexibility index (Phi) is 9.65. The number of thioether (sulfide) groups is 1. The molecule has 1 aromatic carbocycles. The van der Waals surface area contributed by atoms with E-state index in [0.29, 0.717) is 32.2 Å². The topological polar surface area (TPSA) is 67.8 Å². The Balaban J connectivity index is 2.04. The Labute approximate surface area is 172 Å². The van der Waals surface area contributed by atoms with E-state index in [4.69, 9.17) is 14.5 Å². The zero-order chi connectivity index (χ0) is 20.2. The molecule has 0 bridgehead atoms. The van der Waals surface area contributed by atoms with Crippen molar-refractivity contribution in [2.24, 2.45) is 4.99 Å². The van der Waals surface area contributed by atoms with Crippen LogP contribution in [0, 0.1) is 6.92 Å². The van der Waals surface area contributed by atoms with Crippen molar-refractivity contribution in [3.8, 4) is 5.88 Å². The van der Waals surface area contributed by atoms with Crippen molar-refractivity contribution >= 4 is 17.7 Å². The standard InChI is InChI=1S/C21H30N4O2S/c1-5-22-21(24-14-17-9-8-16(2)13-19(17)28-4)25-15-18-7-6-10-23-20(18)27-12-11-26-3/h6-10,13H,5,11-12,14-15H2,1-4H3,(H2,22,24,25). The molecule has 0 radical (unpaired) electrons. The number of hydrogen-bond donors (Lipinski definition) is 2. The molecule has 0 unspecified atom stereocenters. The first-order chi connectivity index (χ1) is 13.7. The number of aromatic nitrogens is 1. The van der Waals surface area contributed by atoms with Crippen molar-refractivity contribution in [3.05, 3.63) is 53.2 Å². The molecule has 1 heterocycles. The number of methoxy groups -OCH3 is 1. The van der Waals surface area contributed by atoms with Crippen LogP contribution in [0.1, 0.15) is 23.6 Å². The van der Waals surface area contributed by atoms with Crippen LogP contribution in [-0.2, 0) is 17.8 Å². The van der Waals surface area contributed by atoms with Crippen LogP contribution in [0.5, 0.6) is 5.88 Å². The predicted molar refractivity (Wildman–Crippen MR) is 116 cm³/mol. The van der Waals surface area contributed by atoms with E-state index in [1.54, 1.807) is 25.1 Å². The number of pyridine rings is 1. The second-order valence-electron chi connectivity index (χ2n) is 6.17. The van der Waals surface area contributed by atoms with Gasteiger partial charge >= 0.3 is 0 Å². The molecule has 7 heteroatoms. The van der Waals surface area contributed by atoms with Gasteiger partial charge in [0.2, 0.25) is 5.88 Å². The van der Waals surface area contributed by atoms with Gasteiger partial charge in [0.05, 0.1) is 13.2 Å². The molecule has 0 aliphatic rings. The van der Waals surface area contributed by atoms with Crippen LogP contribution >= 0.6 is 11.8 Å². The molecule has 0 aliphatic carbocycles. The fraction of sp³-hybridized carbons (Fsp3) is 0.429. The van der Waals surface area contributed by atoms with E-state index < -0.39 is 0 Å². The van der Waals surface area contributed by atoms with E-state index in [1.807, 2.05) is 12.1 Å². The number of benzene rings is 1. The third kappa shape index (κ3) is 7.05. The Bertz CT molecular complexity index is 768. The smallest absolute Gasteiger partial charge is 0.218 e. The van der Waals surface area contributed by atoms with Crippen molar-refractivity contribution in [1.29, 1.82) is 0 Å². The summed E-state index contributed by atoms with van der Waals surface area (Å²) in [7, 11) is 1.65. The van der Waals surface area contributed by atoms with E-state index in [2.05, 4.69) is 53.9 Å². The summed E-state index contributed by atoms with van der Waals surface area (Å²) in [6.07, 6.45) is 3.82. The van der Waals surface area contributed by atoms with Gasteiger partial charge in [0.25, 0.3) is 0 Å². The van der Waals surface area contributed by atoms with E-state index in [1.165, 1.54) is 16.0 Å². The fourth-order valence-corrected chi connectivity index (χ4v) is 3.28. The lowest BCUT2D eigenvalue weighted by atomic mass is 10.1. The molecule has 0 aliphatic heterocycles. The summed E-state index contributed by atoms with van der Waals surface area (Å²) in [4.78, 5) is 10.3. The molecule has 0 saturated carbocycles. The molecular formula is C21H30N4O2S. The third-order valence-corrected chi connectivity index (χ3v) is 4.84. The zero-order valence-corrected chi connectivity index (χ0v) is 17.9. The van der Waals surface area contributed by atoms with Gasteiger partial charge in [-0.05, 0) is 43.4 Å². The van der Waals surface area contributed by atoms with Gasteiger partial charge in [-0.25, -0.2) is 9.98 Å². The summed E-state index contributed by atoms with van der Waals surface area (Å²) in [5, 5.41) is 6.66. The van der Waals surface area contributed by atoms with Crippen LogP contribution in [0.3, 0.4) is 0 Å². The molecule has 152 valence electrons. The average Bonchev–Trinajstić information content (AvgIpc) is 2.71. The molecule has 0 fully saturated rings. The summed E-state index contributed by atoms with van der Waals surface area (Å²) in [5.74, 6) is 1.38. The first-order valence-corrected chi connectivity index (χ1v) is 10.6. The van der Waals surface area contributed by atoms with Gasteiger partial charge in [0.15, 0.2) is 5.96 Å². The lowest BCUT2D eigenvalue weighted by Crippen LogP contribution is -2.37. The van der Waals surface area contributed by atoms with Gasteiger partial charge < -0.3 is 20.1 Å². The predicted octanol–water partition coefficient (Wildman–Crippen LogP) is 3.39. The van der Waals surface area contributed by atoms with Crippen molar-refractivity contribution < 1.29 is 9.47 Å². The van der Waals surface area contributed by atoms with E-state index in [-0.39, 0.29) is 0 Å². The zero-order valence-electron chi connectivity index (χ0n) is 17.1. The highest BCUT2D eigenvalue weighted by Crippen LogP contribution is 2.22. The van der Waals surface area contributed by atoms with E-state index >= 15 is 0 Å². The minimum absolute atomic E-state index is 0.472. The Morgan fingerprint density at radius 2 is 2.04 bits per heavy atom. The van der Waals surface area contributed by atoms with Gasteiger partial charge in [-0.3, -0.25) is 0 Å². The molecule has 0 saturated heterocycles. The van der Waals surface area contributed by atoms with Gasteiger partial charge in [-0.15, -0.1) is 11.8 Å². The molecule has 0 spiro atoms. The molecule has 2 N–H and O–H groups in total. The maximum Gasteiger partial charge on any atom is 0.218 e. The molecule has 28 heavy (non-hydrogen) atoms. The largest absolute Gasteiger partial charge is 0.475 e. The van der Waals surface area contributed by atoms with Crippen molar-refractivity contribution in [3.63, 3.8) is 0 Å². The van der Waals surface area contributed by atoms with Crippen molar-refractivity contribution in [1.82, 2.24) is 15.6 Å². The number of nitrogens with one attached hydrogen (secondary N) is 2. The summed E-state index contributed by atoms with van der Waals surface area (Å²) < 4.78 is 10.7. The lowest BCUT2D eigenvalue weighted by Gasteiger charge is -2.14. The molecular weight excluding hydrogens is 372 g/mol. The Morgan fingerprint density at radius 3 is 2.79 bits per heavy atom. The molecule has 2 aromatic rings. The highest BCUT2D eigenvalue weighted by Gasteiger charge is 2.07. The number of rotatable bonds is 10. The first kappa shape index (κ1) is 22.0. The van der Waals surface area contributed by atoms with Crippen LogP contribution in [0.25, 0.3) is 0 Å². The lowest BCUT2D eigenvalue weighted by molar-refractivity contribution is 0.143. The van der Waals surface area contributed by atoms with Crippen LogP contribution < -0.4 is 15.4 Å². The number of ether oxygens (including phenoxy) is 2. The minimum atomic E-state index is 0.472. The monoisotopic (exact) mass is 402 g/mol. The Morgan fingerprint density at radius 1 is 1.18 bits per heavy atom. The second kappa shape index (κ2) is 12.3. The minimum Gasteiger partial charge on any atom is -0.475 e. The number of hydrogen-bond acceptors (Lipinski definition) is 5. The maximum atomic E-state index is 5.70. The molecule has 1 aromatic heterocycles. The summed E-state index contributed by atoms with van der Waals surface area (Å²) in [5.41, 5.74) is 3.46.